The van der Waals surface area contributed by atoms with E-state index in [-0.39, 0.29) is 18.8 Å². The van der Waals surface area contributed by atoms with Gasteiger partial charge in [-0.25, -0.2) is 0 Å². The summed E-state index contributed by atoms with van der Waals surface area (Å²) in [5.41, 5.74) is 0. The van der Waals surface area contributed by atoms with Gasteiger partial charge in [0.05, 0.1) is 25.9 Å². The zero-order chi connectivity index (χ0) is 7.40. The Bertz CT molecular complexity index is 79.0. The Morgan fingerprint density at radius 1 is 1.30 bits per heavy atom. The second-order valence-electron chi connectivity index (χ2n) is 2.25. The van der Waals surface area contributed by atoms with Crippen LogP contribution in [0.2, 0.25) is 0 Å². The summed E-state index contributed by atoms with van der Waals surface area (Å²) < 4.78 is 11.5. The smallest absolute Gasteiger partial charge is 0.104 e. The largest absolute Gasteiger partial charge is 0.394 e. The van der Waals surface area contributed by atoms with E-state index in [4.69, 9.17) is 14.6 Å². The van der Waals surface area contributed by atoms with Gasteiger partial charge in [0.15, 0.2) is 0 Å². The molecule has 0 unspecified atom stereocenters. The Morgan fingerprint density at radius 2 is 1.90 bits per heavy atom. The standard InChI is InChI=1S/C6H11IO3/c7-1-5-3-10-6(2-8)4-9-5/h5-6,8H,1-4H2/t5-,6+/m1/s1. The normalized spacial score (nSPS) is 34.2. The molecule has 0 aromatic heterocycles. The molecule has 0 bridgehead atoms. The van der Waals surface area contributed by atoms with Crippen LogP contribution in [0.25, 0.3) is 0 Å². The highest BCUT2D eigenvalue weighted by Gasteiger charge is 2.19. The van der Waals surface area contributed by atoms with Gasteiger partial charge in [0.25, 0.3) is 0 Å². The van der Waals surface area contributed by atoms with Crippen LogP contribution < -0.4 is 0 Å². The van der Waals surface area contributed by atoms with E-state index in [1.807, 2.05) is 0 Å². The fraction of sp³-hybridized carbons (Fsp3) is 1.00. The molecule has 60 valence electrons. The van der Waals surface area contributed by atoms with Crippen molar-refractivity contribution in [1.82, 2.24) is 0 Å². The van der Waals surface area contributed by atoms with E-state index in [2.05, 4.69) is 22.6 Å². The summed E-state index contributed by atoms with van der Waals surface area (Å²) in [4.78, 5) is 0. The Hall–Kier alpha value is 0.610. The average Bonchev–Trinajstić information content (AvgIpc) is 2.05. The number of rotatable bonds is 2. The number of alkyl halides is 1. The van der Waals surface area contributed by atoms with Gasteiger partial charge in [-0.1, -0.05) is 22.6 Å². The van der Waals surface area contributed by atoms with Crippen molar-refractivity contribution < 1.29 is 14.6 Å². The number of aliphatic hydroxyl groups is 1. The van der Waals surface area contributed by atoms with Crippen LogP contribution in [0.4, 0.5) is 0 Å². The Kier molecular flexibility index (Phi) is 3.90. The molecule has 0 aromatic carbocycles. The van der Waals surface area contributed by atoms with Crippen LogP contribution in [0, 0.1) is 0 Å². The number of hydrogen-bond donors (Lipinski definition) is 1. The zero-order valence-corrected chi connectivity index (χ0v) is 7.78. The van der Waals surface area contributed by atoms with Gasteiger partial charge in [0, 0.05) is 4.43 Å². The lowest BCUT2D eigenvalue weighted by Crippen LogP contribution is -2.38. The van der Waals surface area contributed by atoms with E-state index < -0.39 is 0 Å². The first-order valence-electron chi connectivity index (χ1n) is 3.27. The van der Waals surface area contributed by atoms with E-state index in [0.717, 1.165) is 4.43 Å². The highest BCUT2D eigenvalue weighted by Crippen LogP contribution is 2.08. The summed E-state index contributed by atoms with van der Waals surface area (Å²) in [7, 11) is 0. The quantitative estimate of drug-likeness (QED) is 0.568. The van der Waals surface area contributed by atoms with Crippen LogP contribution in [-0.4, -0.2) is 41.6 Å². The molecule has 10 heavy (non-hydrogen) atoms. The molecule has 0 saturated carbocycles. The van der Waals surface area contributed by atoms with Crippen LogP contribution in [0.5, 0.6) is 0 Å². The maximum Gasteiger partial charge on any atom is 0.104 e. The molecule has 0 amide bonds. The summed E-state index contributed by atoms with van der Waals surface area (Å²) in [6, 6.07) is 0. The number of halogens is 1. The number of aliphatic hydroxyl groups excluding tert-OH is 1. The summed E-state index contributed by atoms with van der Waals surface area (Å²) in [5.74, 6) is 0. The van der Waals surface area contributed by atoms with Crippen molar-refractivity contribution in [1.29, 1.82) is 0 Å². The van der Waals surface area contributed by atoms with Crippen molar-refractivity contribution in [2.24, 2.45) is 0 Å². The minimum absolute atomic E-state index is 0.0635. The Labute approximate surface area is 73.8 Å². The fourth-order valence-electron chi connectivity index (χ4n) is 0.778. The first-order valence-corrected chi connectivity index (χ1v) is 4.79. The van der Waals surface area contributed by atoms with Crippen molar-refractivity contribution in [2.75, 3.05) is 24.2 Å². The van der Waals surface area contributed by atoms with Crippen LogP contribution >= 0.6 is 22.6 Å². The second-order valence-corrected chi connectivity index (χ2v) is 3.13. The predicted octanol–water partition coefficient (Wildman–Crippen LogP) is 0.198. The first-order chi connectivity index (χ1) is 4.86. The molecule has 1 rings (SSSR count). The van der Waals surface area contributed by atoms with Gasteiger partial charge in [0.1, 0.15) is 6.10 Å². The van der Waals surface area contributed by atoms with Crippen molar-refractivity contribution in [3.63, 3.8) is 0 Å². The monoisotopic (exact) mass is 258 g/mol. The molecule has 1 aliphatic heterocycles. The SMILES string of the molecule is OC[C@H]1CO[C@H](CI)CO1. The van der Waals surface area contributed by atoms with Gasteiger partial charge in [-0.15, -0.1) is 0 Å². The average molecular weight is 258 g/mol. The third-order valence-electron chi connectivity index (χ3n) is 1.41. The number of ether oxygens (including phenoxy) is 2. The molecule has 1 heterocycles. The molecule has 4 heteroatoms. The lowest BCUT2D eigenvalue weighted by Gasteiger charge is -2.27. The third kappa shape index (κ3) is 2.34. The minimum Gasteiger partial charge on any atom is -0.394 e. The molecular weight excluding hydrogens is 247 g/mol. The fourth-order valence-corrected chi connectivity index (χ4v) is 1.29. The Balaban J connectivity index is 2.17. The van der Waals surface area contributed by atoms with E-state index in [1.165, 1.54) is 0 Å². The van der Waals surface area contributed by atoms with Crippen molar-refractivity contribution >= 4 is 22.6 Å². The molecule has 1 saturated heterocycles. The van der Waals surface area contributed by atoms with Crippen molar-refractivity contribution in [3.8, 4) is 0 Å². The van der Waals surface area contributed by atoms with Crippen LogP contribution in [0.15, 0.2) is 0 Å². The maximum absolute atomic E-state index is 8.64. The molecule has 0 spiro atoms. The third-order valence-corrected chi connectivity index (χ3v) is 2.39. The predicted molar refractivity (Wildman–Crippen MR) is 45.5 cm³/mol. The van der Waals surface area contributed by atoms with Gasteiger partial charge in [-0.05, 0) is 0 Å². The second kappa shape index (κ2) is 4.48. The van der Waals surface area contributed by atoms with Gasteiger partial charge in [-0.2, -0.15) is 0 Å². The molecule has 0 aliphatic carbocycles. The molecule has 2 atom stereocenters. The van der Waals surface area contributed by atoms with Gasteiger partial charge >= 0.3 is 0 Å². The van der Waals surface area contributed by atoms with Crippen LogP contribution in [0.1, 0.15) is 0 Å². The molecule has 0 radical (unpaired) electrons. The van der Waals surface area contributed by atoms with E-state index in [1.54, 1.807) is 0 Å². The molecule has 0 aromatic rings. The molecular formula is C6H11IO3. The van der Waals surface area contributed by atoms with E-state index in [9.17, 15) is 0 Å². The lowest BCUT2D eigenvalue weighted by atomic mass is 10.3. The van der Waals surface area contributed by atoms with Crippen molar-refractivity contribution in [2.45, 2.75) is 12.2 Å². The highest BCUT2D eigenvalue weighted by molar-refractivity contribution is 14.1. The lowest BCUT2D eigenvalue weighted by molar-refractivity contribution is -0.136. The first kappa shape index (κ1) is 8.70. The Morgan fingerprint density at radius 3 is 2.30 bits per heavy atom. The number of hydrogen-bond acceptors (Lipinski definition) is 3. The van der Waals surface area contributed by atoms with E-state index >= 15 is 0 Å². The van der Waals surface area contributed by atoms with Gasteiger partial charge in [0.2, 0.25) is 0 Å². The van der Waals surface area contributed by atoms with Gasteiger partial charge in [-0.3, -0.25) is 0 Å². The van der Waals surface area contributed by atoms with E-state index in [0.29, 0.717) is 13.2 Å². The minimum atomic E-state index is -0.0980. The zero-order valence-electron chi connectivity index (χ0n) is 5.62. The molecule has 1 fully saturated rings. The summed E-state index contributed by atoms with van der Waals surface area (Å²) >= 11 is 2.26. The summed E-state index contributed by atoms with van der Waals surface area (Å²) in [6.07, 6.45) is 0.127. The molecule has 3 nitrogen and oxygen atoms in total. The van der Waals surface area contributed by atoms with Gasteiger partial charge < -0.3 is 14.6 Å². The van der Waals surface area contributed by atoms with Crippen LogP contribution in [0.3, 0.4) is 0 Å². The van der Waals surface area contributed by atoms with Crippen molar-refractivity contribution in [3.05, 3.63) is 0 Å². The topological polar surface area (TPSA) is 38.7 Å². The highest BCUT2D eigenvalue weighted by atomic mass is 127. The molecule has 1 aliphatic rings. The summed E-state index contributed by atoms with van der Waals surface area (Å²) in [6.45, 7) is 1.21. The maximum atomic E-state index is 8.64. The van der Waals surface area contributed by atoms with Crippen LogP contribution in [-0.2, 0) is 9.47 Å². The molecule has 1 N–H and O–H groups in total. The summed E-state index contributed by atoms with van der Waals surface area (Å²) in [5, 5.41) is 8.64.